The highest BCUT2D eigenvalue weighted by Gasteiger charge is 2.52. The number of thioether (sulfide) groups is 1. The van der Waals surface area contributed by atoms with Crippen molar-refractivity contribution in [1.29, 1.82) is 0 Å². The van der Waals surface area contributed by atoms with Crippen molar-refractivity contribution in [3.05, 3.63) is 11.3 Å². The van der Waals surface area contributed by atoms with Gasteiger partial charge in [0.05, 0.1) is 6.61 Å². The van der Waals surface area contributed by atoms with Gasteiger partial charge in [-0.3, -0.25) is 9.69 Å². The predicted octanol–water partition coefficient (Wildman–Crippen LogP) is -0.396. The number of β-lactam (4-membered cyclic amide) rings is 1. The highest BCUT2D eigenvalue weighted by Crippen LogP contribution is 2.42. The van der Waals surface area contributed by atoms with Crippen LogP contribution in [0.3, 0.4) is 0 Å². The van der Waals surface area contributed by atoms with Crippen LogP contribution in [0.2, 0.25) is 0 Å². The number of nitrogens with zero attached hydrogens (tertiary/aromatic N) is 1. The van der Waals surface area contributed by atoms with Gasteiger partial charge in [-0.15, -0.1) is 11.8 Å². The van der Waals surface area contributed by atoms with E-state index in [1.165, 1.54) is 4.90 Å². The Balaban J connectivity index is 1.97. The Morgan fingerprint density at radius 2 is 2.33 bits per heavy atom. The van der Waals surface area contributed by atoms with E-state index in [-0.39, 0.29) is 22.9 Å². The molecule has 6 nitrogen and oxygen atoms in total. The Morgan fingerprint density at radius 3 is 2.94 bits per heavy atom. The molecule has 1 unspecified atom stereocenters. The molecule has 2 fully saturated rings. The van der Waals surface area contributed by atoms with Crippen LogP contribution in [0.15, 0.2) is 11.3 Å². The second-order valence-corrected chi connectivity index (χ2v) is 5.78. The van der Waals surface area contributed by atoms with Crippen LogP contribution in [0, 0.1) is 5.92 Å². The Kier molecular flexibility index (Phi) is 2.84. The van der Waals surface area contributed by atoms with Crippen LogP contribution >= 0.6 is 11.8 Å². The lowest BCUT2D eigenvalue weighted by atomic mass is 9.94. The van der Waals surface area contributed by atoms with Crippen LogP contribution in [-0.4, -0.2) is 52.3 Å². The van der Waals surface area contributed by atoms with Gasteiger partial charge in [0, 0.05) is 18.3 Å². The Bertz CT molecular complexity index is 444. The summed E-state index contributed by atoms with van der Waals surface area (Å²) in [6, 6.07) is -0.564. The molecular formula is C11H14N2O4S. The van der Waals surface area contributed by atoms with E-state index < -0.39 is 12.0 Å². The molecule has 3 aliphatic heterocycles. The molecule has 3 aliphatic rings. The fourth-order valence-electron chi connectivity index (χ4n) is 2.66. The van der Waals surface area contributed by atoms with Gasteiger partial charge in [0.2, 0.25) is 5.91 Å². The van der Waals surface area contributed by atoms with Crippen LogP contribution < -0.4 is 5.73 Å². The van der Waals surface area contributed by atoms with Crippen LogP contribution in [-0.2, 0) is 14.3 Å². The standard InChI is InChI=1S/C11H14N2O4S/c12-7-9(14)13-8(11(15)16)6(4-18-10(7)13)5-1-2-17-3-5/h5,7,10H,1-4,12H2,(H,15,16)/t5?,7-,10-/m1/s1. The molecule has 98 valence electrons. The van der Waals surface area contributed by atoms with Crippen LogP contribution in [0.5, 0.6) is 0 Å². The lowest BCUT2D eigenvalue weighted by Crippen LogP contribution is -2.68. The molecule has 18 heavy (non-hydrogen) atoms. The van der Waals surface area contributed by atoms with E-state index in [2.05, 4.69) is 0 Å². The number of nitrogens with two attached hydrogens (primary N) is 1. The summed E-state index contributed by atoms with van der Waals surface area (Å²) in [5.74, 6) is -0.588. The van der Waals surface area contributed by atoms with Gasteiger partial charge in [-0.25, -0.2) is 4.79 Å². The number of hydrogen-bond donors (Lipinski definition) is 2. The maximum absolute atomic E-state index is 11.7. The quantitative estimate of drug-likeness (QED) is 0.663. The van der Waals surface area contributed by atoms with Crippen molar-refractivity contribution in [2.45, 2.75) is 17.8 Å². The smallest absolute Gasteiger partial charge is 0.352 e. The summed E-state index contributed by atoms with van der Waals surface area (Å²) in [5.41, 5.74) is 6.65. The van der Waals surface area contributed by atoms with Crippen molar-refractivity contribution in [2.75, 3.05) is 19.0 Å². The molecule has 0 aromatic rings. The third-order valence-corrected chi connectivity index (χ3v) is 4.99. The Hall–Kier alpha value is -1.05. The molecular weight excluding hydrogens is 256 g/mol. The zero-order valence-corrected chi connectivity index (χ0v) is 10.5. The lowest BCUT2D eigenvalue weighted by Gasteiger charge is -2.48. The maximum Gasteiger partial charge on any atom is 0.352 e. The van der Waals surface area contributed by atoms with Crippen molar-refractivity contribution in [3.8, 4) is 0 Å². The average Bonchev–Trinajstić information content (AvgIpc) is 2.89. The summed E-state index contributed by atoms with van der Waals surface area (Å²) in [5, 5.41) is 9.14. The largest absolute Gasteiger partial charge is 0.477 e. The maximum atomic E-state index is 11.7. The third-order valence-electron chi connectivity index (χ3n) is 3.66. The molecule has 0 saturated carbocycles. The normalized spacial score (nSPS) is 35.5. The summed E-state index contributed by atoms with van der Waals surface area (Å²) in [6.45, 7) is 1.20. The summed E-state index contributed by atoms with van der Waals surface area (Å²) >= 11 is 1.54. The molecule has 0 aliphatic carbocycles. The number of carbonyl (C=O) groups excluding carboxylic acids is 1. The van der Waals surface area contributed by atoms with Crippen molar-refractivity contribution in [2.24, 2.45) is 11.7 Å². The number of hydrogen-bond acceptors (Lipinski definition) is 5. The van der Waals surface area contributed by atoms with Gasteiger partial charge >= 0.3 is 5.97 Å². The second-order valence-electron chi connectivity index (χ2n) is 4.68. The summed E-state index contributed by atoms with van der Waals surface area (Å²) in [4.78, 5) is 24.5. The first kappa shape index (κ1) is 12.0. The van der Waals surface area contributed by atoms with E-state index in [1.807, 2.05) is 0 Å². The SMILES string of the molecule is N[C@@H]1C(=O)N2C(C(=O)O)=C(C3CCOC3)CS[C@H]12. The molecule has 2 saturated heterocycles. The van der Waals surface area contributed by atoms with E-state index in [1.54, 1.807) is 11.8 Å². The van der Waals surface area contributed by atoms with E-state index in [4.69, 9.17) is 10.5 Å². The van der Waals surface area contributed by atoms with Gasteiger partial charge in [-0.2, -0.15) is 0 Å². The monoisotopic (exact) mass is 270 g/mol. The number of amides is 1. The Labute approximate surface area is 108 Å². The van der Waals surface area contributed by atoms with Crippen LogP contribution in [0.1, 0.15) is 6.42 Å². The van der Waals surface area contributed by atoms with Crippen molar-refractivity contribution < 1.29 is 19.4 Å². The van der Waals surface area contributed by atoms with E-state index in [9.17, 15) is 14.7 Å². The summed E-state index contributed by atoms with van der Waals surface area (Å²) in [6.07, 6.45) is 0.825. The molecule has 3 atom stereocenters. The summed E-state index contributed by atoms with van der Waals surface area (Å²) < 4.78 is 5.30. The molecule has 3 N–H and O–H groups in total. The lowest BCUT2D eigenvalue weighted by molar-refractivity contribution is -0.148. The number of carboxylic acid groups (broad SMARTS) is 1. The van der Waals surface area contributed by atoms with Crippen molar-refractivity contribution in [3.63, 3.8) is 0 Å². The molecule has 0 radical (unpaired) electrons. The molecule has 0 bridgehead atoms. The number of rotatable bonds is 2. The second kappa shape index (κ2) is 4.25. The zero-order valence-electron chi connectivity index (χ0n) is 9.67. The van der Waals surface area contributed by atoms with Crippen molar-refractivity contribution >= 4 is 23.6 Å². The summed E-state index contributed by atoms with van der Waals surface area (Å²) in [7, 11) is 0. The average molecular weight is 270 g/mol. The van der Waals surface area contributed by atoms with Crippen LogP contribution in [0.4, 0.5) is 0 Å². The van der Waals surface area contributed by atoms with Crippen LogP contribution in [0.25, 0.3) is 0 Å². The fourth-order valence-corrected chi connectivity index (χ4v) is 4.07. The molecule has 1 amide bonds. The van der Waals surface area contributed by atoms with Gasteiger partial charge in [0.25, 0.3) is 0 Å². The topological polar surface area (TPSA) is 92.9 Å². The van der Waals surface area contributed by atoms with Gasteiger partial charge in [0.1, 0.15) is 17.1 Å². The zero-order chi connectivity index (χ0) is 12.9. The molecule has 7 heteroatoms. The van der Waals surface area contributed by atoms with Gasteiger partial charge in [-0.1, -0.05) is 0 Å². The highest BCUT2D eigenvalue weighted by atomic mass is 32.2. The van der Waals surface area contributed by atoms with Crippen molar-refractivity contribution in [1.82, 2.24) is 4.90 Å². The van der Waals surface area contributed by atoms with E-state index >= 15 is 0 Å². The number of carbonyl (C=O) groups is 2. The number of carboxylic acids is 1. The highest BCUT2D eigenvalue weighted by molar-refractivity contribution is 8.00. The minimum atomic E-state index is -1.04. The molecule has 0 aromatic heterocycles. The third kappa shape index (κ3) is 1.58. The first-order valence-electron chi connectivity index (χ1n) is 5.85. The molecule has 0 spiro atoms. The first-order chi connectivity index (χ1) is 8.61. The minimum Gasteiger partial charge on any atom is -0.477 e. The predicted molar refractivity (Wildman–Crippen MR) is 64.7 cm³/mol. The molecule has 3 rings (SSSR count). The first-order valence-corrected chi connectivity index (χ1v) is 6.90. The van der Waals surface area contributed by atoms with Gasteiger partial charge in [-0.05, 0) is 12.0 Å². The number of fused-ring (bicyclic) bond motifs is 1. The van der Waals surface area contributed by atoms with Gasteiger partial charge in [0.15, 0.2) is 0 Å². The van der Waals surface area contributed by atoms with E-state index in [0.29, 0.717) is 19.0 Å². The number of aliphatic carboxylic acids is 1. The minimum absolute atomic E-state index is 0.120. The fraction of sp³-hybridized carbons (Fsp3) is 0.636. The molecule has 3 heterocycles. The Morgan fingerprint density at radius 1 is 1.56 bits per heavy atom. The van der Waals surface area contributed by atoms with E-state index in [0.717, 1.165) is 12.0 Å². The van der Waals surface area contributed by atoms with Gasteiger partial charge < -0.3 is 15.6 Å². The molecule has 0 aromatic carbocycles. The number of ether oxygens (including phenoxy) is 1.